The van der Waals surface area contributed by atoms with Gasteiger partial charge < -0.3 is 15.2 Å². The van der Waals surface area contributed by atoms with E-state index in [0.29, 0.717) is 0 Å². The summed E-state index contributed by atoms with van der Waals surface area (Å²) < 4.78 is 12.0. The zero-order chi connectivity index (χ0) is 13.1. The van der Waals surface area contributed by atoms with Crippen LogP contribution in [-0.2, 0) is 16.0 Å². The van der Waals surface area contributed by atoms with Gasteiger partial charge in [0.05, 0.1) is 12.2 Å². The quantitative estimate of drug-likeness (QED) is 0.862. The number of ether oxygens (including phenoxy) is 2. The number of hydrogen-bond donors (Lipinski definition) is 1. The Labute approximate surface area is 116 Å². The summed E-state index contributed by atoms with van der Waals surface area (Å²) in [5, 5.41) is 0. The molecule has 2 atom stereocenters. The predicted molar refractivity (Wildman–Crippen MR) is 75.4 cm³/mol. The molecule has 1 aromatic carbocycles. The van der Waals surface area contributed by atoms with Gasteiger partial charge in [-0.3, -0.25) is 4.90 Å². The van der Waals surface area contributed by atoms with E-state index < -0.39 is 0 Å². The lowest BCUT2D eigenvalue weighted by Crippen LogP contribution is -2.27. The second-order valence-corrected chi connectivity index (χ2v) is 5.45. The third kappa shape index (κ3) is 3.03. The number of nitrogens with two attached hydrogens (primary N) is 1. The van der Waals surface area contributed by atoms with E-state index in [0.717, 1.165) is 29.8 Å². The molecule has 1 heterocycles. The Morgan fingerprint density at radius 2 is 1.89 bits per heavy atom. The van der Waals surface area contributed by atoms with Crippen LogP contribution < -0.4 is 5.73 Å². The van der Waals surface area contributed by atoms with Crippen LogP contribution in [0.1, 0.15) is 5.56 Å². The summed E-state index contributed by atoms with van der Waals surface area (Å²) in [6, 6.07) is 5.89. The highest BCUT2D eigenvalue weighted by Gasteiger charge is 2.32. The van der Waals surface area contributed by atoms with E-state index in [1.54, 1.807) is 14.2 Å². The number of methoxy groups -OCH3 is 2. The van der Waals surface area contributed by atoms with Gasteiger partial charge in [0.2, 0.25) is 0 Å². The number of anilines is 1. The molecule has 0 saturated carbocycles. The minimum Gasteiger partial charge on any atom is -0.399 e. The molecule has 5 heteroatoms. The van der Waals surface area contributed by atoms with Crippen LogP contribution in [0, 0.1) is 0 Å². The predicted octanol–water partition coefficient (Wildman–Crippen LogP) is 1.88. The molecule has 0 bridgehead atoms. The maximum Gasteiger partial charge on any atom is 0.0971 e. The highest BCUT2D eigenvalue weighted by molar-refractivity contribution is 9.10. The van der Waals surface area contributed by atoms with Crippen molar-refractivity contribution >= 4 is 21.6 Å². The number of nitrogens with zero attached hydrogens (tertiary/aromatic N) is 1. The van der Waals surface area contributed by atoms with Crippen molar-refractivity contribution in [1.29, 1.82) is 0 Å². The highest BCUT2D eigenvalue weighted by Crippen LogP contribution is 2.24. The Balaban J connectivity index is 2.04. The largest absolute Gasteiger partial charge is 0.399 e. The van der Waals surface area contributed by atoms with Crippen molar-refractivity contribution in [2.45, 2.75) is 18.8 Å². The molecule has 0 amide bonds. The van der Waals surface area contributed by atoms with Crippen molar-refractivity contribution in [2.75, 3.05) is 33.0 Å². The first-order valence-electron chi connectivity index (χ1n) is 5.96. The molecule has 2 unspecified atom stereocenters. The molecule has 0 aromatic heterocycles. The number of hydrogen-bond acceptors (Lipinski definition) is 4. The fourth-order valence-corrected chi connectivity index (χ4v) is 2.73. The van der Waals surface area contributed by atoms with Gasteiger partial charge in [0, 0.05) is 44.0 Å². The lowest BCUT2D eigenvalue weighted by molar-refractivity contribution is -0.00461. The Kier molecular flexibility index (Phi) is 4.61. The van der Waals surface area contributed by atoms with E-state index >= 15 is 0 Å². The summed E-state index contributed by atoms with van der Waals surface area (Å²) in [4.78, 5) is 2.32. The summed E-state index contributed by atoms with van der Waals surface area (Å²) in [5.41, 5.74) is 7.81. The molecule has 1 aliphatic rings. The topological polar surface area (TPSA) is 47.7 Å². The third-order valence-electron chi connectivity index (χ3n) is 3.36. The second kappa shape index (κ2) is 6.02. The molecular formula is C13H19BrN2O2. The van der Waals surface area contributed by atoms with E-state index in [9.17, 15) is 0 Å². The van der Waals surface area contributed by atoms with Gasteiger partial charge in [-0.1, -0.05) is 15.9 Å². The Morgan fingerprint density at radius 1 is 1.28 bits per heavy atom. The van der Waals surface area contributed by atoms with Crippen molar-refractivity contribution in [1.82, 2.24) is 4.90 Å². The van der Waals surface area contributed by atoms with Crippen molar-refractivity contribution < 1.29 is 9.47 Å². The molecule has 100 valence electrons. The molecule has 1 fully saturated rings. The first kappa shape index (κ1) is 13.8. The highest BCUT2D eigenvalue weighted by atomic mass is 79.9. The average Bonchev–Trinajstić information content (AvgIpc) is 2.76. The van der Waals surface area contributed by atoms with E-state index in [1.807, 2.05) is 18.2 Å². The summed E-state index contributed by atoms with van der Waals surface area (Å²) >= 11 is 3.56. The van der Waals surface area contributed by atoms with Crippen molar-refractivity contribution in [3.8, 4) is 0 Å². The molecule has 4 nitrogen and oxygen atoms in total. The first-order chi connectivity index (χ1) is 8.63. The molecular weight excluding hydrogens is 296 g/mol. The lowest BCUT2D eigenvalue weighted by atomic mass is 10.2. The van der Waals surface area contributed by atoms with Crippen LogP contribution in [-0.4, -0.2) is 44.4 Å². The molecule has 0 spiro atoms. The van der Waals surface area contributed by atoms with Gasteiger partial charge in [0.25, 0.3) is 0 Å². The summed E-state index contributed by atoms with van der Waals surface area (Å²) in [6.45, 7) is 2.62. The van der Waals surface area contributed by atoms with Gasteiger partial charge in [-0.25, -0.2) is 0 Å². The molecule has 18 heavy (non-hydrogen) atoms. The molecule has 0 radical (unpaired) electrons. The number of nitrogen functional groups attached to an aromatic ring is 1. The van der Waals surface area contributed by atoms with E-state index in [2.05, 4.69) is 20.8 Å². The molecule has 1 aromatic rings. The number of rotatable bonds is 4. The molecule has 0 aliphatic carbocycles. The fraction of sp³-hybridized carbons (Fsp3) is 0.538. The van der Waals surface area contributed by atoms with E-state index in [1.165, 1.54) is 5.56 Å². The van der Waals surface area contributed by atoms with Crippen LogP contribution in [0.5, 0.6) is 0 Å². The fourth-order valence-electron chi connectivity index (χ4n) is 2.36. The monoisotopic (exact) mass is 314 g/mol. The second-order valence-electron chi connectivity index (χ2n) is 4.59. The third-order valence-corrected chi connectivity index (χ3v) is 4.13. The molecule has 2 N–H and O–H groups in total. The van der Waals surface area contributed by atoms with Gasteiger partial charge >= 0.3 is 0 Å². The van der Waals surface area contributed by atoms with Crippen LogP contribution >= 0.6 is 15.9 Å². The van der Waals surface area contributed by atoms with Crippen LogP contribution in [0.15, 0.2) is 22.7 Å². The SMILES string of the molecule is COC1CN(Cc2cc(N)ccc2Br)CC1OC. The smallest absolute Gasteiger partial charge is 0.0971 e. The van der Waals surface area contributed by atoms with Crippen LogP contribution in [0.2, 0.25) is 0 Å². The Morgan fingerprint density at radius 3 is 2.44 bits per heavy atom. The van der Waals surface area contributed by atoms with Crippen molar-refractivity contribution in [3.63, 3.8) is 0 Å². The first-order valence-corrected chi connectivity index (χ1v) is 6.75. The van der Waals surface area contributed by atoms with Crippen LogP contribution in [0.3, 0.4) is 0 Å². The van der Waals surface area contributed by atoms with Gasteiger partial charge in [0.1, 0.15) is 0 Å². The normalized spacial score (nSPS) is 24.6. The number of benzene rings is 1. The Bertz CT molecular complexity index is 402. The summed E-state index contributed by atoms with van der Waals surface area (Å²) in [7, 11) is 3.47. The standard InChI is InChI=1S/C13H19BrN2O2/c1-17-12-7-16(8-13(12)18-2)6-9-5-10(15)3-4-11(9)14/h3-5,12-13H,6-8,15H2,1-2H3. The molecule has 2 rings (SSSR count). The summed E-state index contributed by atoms with van der Waals surface area (Å²) in [5.74, 6) is 0. The lowest BCUT2D eigenvalue weighted by Gasteiger charge is -2.16. The van der Waals surface area contributed by atoms with Gasteiger partial charge in [-0.15, -0.1) is 0 Å². The van der Waals surface area contributed by atoms with Crippen molar-refractivity contribution in [2.24, 2.45) is 0 Å². The zero-order valence-electron chi connectivity index (χ0n) is 10.7. The molecule has 1 aliphatic heterocycles. The van der Waals surface area contributed by atoms with Crippen LogP contribution in [0.25, 0.3) is 0 Å². The molecule has 1 saturated heterocycles. The summed E-state index contributed by atoms with van der Waals surface area (Å²) in [6.07, 6.45) is 0.296. The number of likely N-dealkylation sites (tertiary alicyclic amines) is 1. The van der Waals surface area contributed by atoms with E-state index in [4.69, 9.17) is 15.2 Å². The zero-order valence-corrected chi connectivity index (χ0v) is 12.3. The average molecular weight is 315 g/mol. The van der Waals surface area contributed by atoms with Gasteiger partial charge in [-0.2, -0.15) is 0 Å². The van der Waals surface area contributed by atoms with Crippen LogP contribution in [0.4, 0.5) is 5.69 Å². The van der Waals surface area contributed by atoms with Crippen molar-refractivity contribution in [3.05, 3.63) is 28.2 Å². The van der Waals surface area contributed by atoms with Gasteiger partial charge in [0.15, 0.2) is 0 Å². The maximum atomic E-state index is 5.82. The van der Waals surface area contributed by atoms with E-state index in [-0.39, 0.29) is 12.2 Å². The minimum absolute atomic E-state index is 0.148. The van der Waals surface area contributed by atoms with Gasteiger partial charge in [-0.05, 0) is 23.8 Å². The Hall–Kier alpha value is -0.620. The number of halogens is 1. The minimum atomic E-state index is 0.148. The maximum absolute atomic E-state index is 5.82.